The standard InChI is InChI=1S/C15H20F3NO3/c1-11(10-14(20)19-8-3-9-21-2)12-4-6-13(7-5-12)22-15(16,17)18/h4-7,11H,3,8-10H2,1-2H3,(H,19,20). The Kier molecular flexibility index (Phi) is 7.17. The molecule has 0 saturated carbocycles. The van der Waals surface area contributed by atoms with Crippen molar-refractivity contribution < 1.29 is 27.4 Å². The second-order valence-electron chi connectivity index (χ2n) is 4.92. The summed E-state index contributed by atoms with van der Waals surface area (Å²) in [5, 5.41) is 2.77. The minimum absolute atomic E-state index is 0.0950. The van der Waals surface area contributed by atoms with Gasteiger partial charge in [0.25, 0.3) is 0 Å². The van der Waals surface area contributed by atoms with Crippen molar-refractivity contribution in [3.05, 3.63) is 29.8 Å². The topological polar surface area (TPSA) is 47.6 Å². The molecule has 22 heavy (non-hydrogen) atoms. The highest BCUT2D eigenvalue weighted by atomic mass is 19.4. The van der Waals surface area contributed by atoms with Crippen molar-refractivity contribution in [2.75, 3.05) is 20.3 Å². The van der Waals surface area contributed by atoms with E-state index in [9.17, 15) is 18.0 Å². The molecule has 1 amide bonds. The van der Waals surface area contributed by atoms with Gasteiger partial charge in [0, 0.05) is 26.7 Å². The molecule has 1 unspecified atom stereocenters. The summed E-state index contributed by atoms with van der Waals surface area (Å²) in [4.78, 5) is 11.7. The zero-order chi connectivity index (χ0) is 16.6. The molecule has 1 rings (SSSR count). The maximum absolute atomic E-state index is 12.1. The number of benzene rings is 1. The molecule has 4 nitrogen and oxygen atoms in total. The lowest BCUT2D eigenvalue weighted by molar-refractivity contribution is -0.274. The molecule has 1 aromatic rings. The fourth-order valence-electron chi connectivity index (χ4n) is 1.91. The molecule has 0 aliphatic heterocycles. The van der Waals surface area contributed by atoms with Crippen LogP contribution in [0.15, 0.2) is 24.3 Å². The van der Waals surface area contributed by atoms with Crippen LogP contribution in [0.1, 0.15) is 31.2 Å². The van der Waals surface area contributed by atoms with E-state index >= 15 is 0 Å². The molecule has 7 heteroatoms. The molecule has 0 saturated heterocycles. The maximum atomic E-state index is 12.1. The number of amides is 1. The number of methoxy groups -OCH3 is 1. The van der Waals surface area contributed by atoms with Crippen molar-refractivity contribution >= 4 is 5.91 Å². The summed E-state index contributed by atoms with van der Waals surface area (Å²) in [5.41, 5.74) is 0.779. The highest BCUT2D eigenvalue weighted by Crippen LogP contribution is 2.26. The highest BCUT2D eigenvalue weighted by molar-refractivity contribution is 5.76. The molecule has 0 aliphatic rings. The van der Waals surface area contributed by atoms with Gasteiger partial charge in [-0.1, -0.05) is 19.1 Å². The first kappa shape index (κ1) is 18.3. The SMILES string of the molecule is COCCCNC(=O)CC(C)c1ccc(OC(F)(F)F)cc1. The van der Waals surface area contributed by atoms with Gasteiger partial charge in [-0.05, 0) is 30.0 Å². The van der Waals surface area contributed by atoms with Gasteiger partial charge in [-0.3, -0.25) is 4.79 Å². The van der Waals surface area contributed by atoms with Crippen molar-refractivity contribution in [3.8, 4) is 5.75 Å². The Labute approximate surface area is 127 Å². The number of hydrogen-bond donors (Lipinski definition) is 1. The third kappa shape index (κ3) is 7.31. The van der Waals surface area contributed by atoms with Gasteiger partial charge < -0.3 is 14.8 Å². The van der Waals surface area contributed by atoms with Gasteiger partial charge >= 0.3 is 6.36 Å². The van der Waals surface area contributed by atoms with Gasteiger partial charge in [0.1, 0.15) is 5.75 Å². The first-order valence-electron chi connectivity index (χ1n) is 6.93. The summed E-state index contributed by atoms with van der Waals surface area (Å²) < 4.78 is 44.9. The van der Waals surface area contributed by atoms with E-state index in [1.807, 2.05) is 6.92 Å². The summed E-state index contributed by atoms with van der Waals surface area (Å²) in [6, 6.07) is 5.56. The van der Waals surface area contributed by atoms with Crippen LogP contribution in [-0.2, 0) is 9.53 Å². The number of alkyl halides is 3. The van der Waals surface area contributed by atoms with Crippen LogP contribution in [0.2, 0.25) is 0 Å². The molecular weight excluding hydrogens is 299 g/mol. The first-order valence-corrected chi connectivity index (χ1v) is 6.93. The predicted molar refractivity (Wildman–Crippen MR) is 75.7 cm³/mol. The summed E-state index contributed by atoms with van der Waals surface area (Å²) in [6.45, 7) is 2.96. The van der Waals surface area contributed by atoms with Gasteiger partial charge in [0.15, 0.2) is 0 Å². The van der Waals surface area contributed by atoms with E-state index in [0.717, 1.165) is 12.0 Å². The lowest BCUT2D eigenvalue weighted by atomic mass is 9.97. The van der Waals surface area contributed by atoms with Crippen molar-refractivity contribution in [1.82, 2.24) is 5.32 Å². The molecule has 0 fully saturated rings. The van der Waals surface area contributed by atoms with E-state index in [0.29, 0.717) is 13.2 Å². The summed E-state index contributed by atoms with van der Waals surface area (Å²) in [5.74, 6) is -0.464. The van der Waals surface area contributed by atoms with Crippen LogP contribution in [-0.4, -0.2) is 32.5 Å². The van der Waals surface area contributed by atoms with Crippen molar-refractivity contribution in [2.45, 2.75) is 32.0 Å². The third-order valence-corrected chi connectivity index (χ3v) is 3.02. The second kappa shape index (κ2) is 8.63. The molecule has 0 aromatic heterocycles. The molecule has 1 atom stereocenters. The molecule has 0 bridgehead atoms. The molecule has 0 spiro atoms. The van der Waals surface area contributed by atoms with Crippen LogP contribution in [0, 0.1) is 0 Å². The van der Waals surface area contributed by atoms with Crippen LogP contribution >= 0.6 is 0 Å². The Morgan fingerprint density at radius 2 is 1.91 bits per heavy atom. The van der Waals surface area contributed by atoms with Gasteiger partial charge in [-0.25, -0.2) is 0 Å². The van der Waals surface area contributed by atoms with E-state index < -0.39 is 6.36 Å². The van der Waals surface area contributed by atoms with E-state index in [1.165, 1.54) is 24.3 Å². The van der Waals surface area contributed by atoms with Crippen molar-refractivity contribution in [3.63, 3.8) is 0 Å². The molecule has 0 heterocycles. The van der Waals surface area contributed by atoms with Crippen LogP contribution < -0.4 is 10.1 Å². The van der Waals surface area contributed by atoms with Gasteiger partial charge in [0.05, 0.1) is 0 Å². The number of halogens is 3. The largest absolute Gasteiger partial charge is 0.573 e. The average Bonchev–Trinajstić information content (AvgIpc) is 2.42. The Morgan fingerprint density at radius 3 is 2.45 bits per heavy atom. The zero-order valence-electron chi connectivity index (χ0n) is 12.6. The lowest BCUT2D eigenvalue weighted by Gasteiger charge is -2.13. The van der Waals surface area contributed by atoms with Gasteiger partial charge in [0.2, 0.25) is 5.91 Å². The van der Waals surface area contributed by atoms with E-state index in [-0.39, 0.29) is 24.0 Å². The predicted octanol–water partition coefficient (Wildman–Crippen LogP) is 3.23. The molecule has 1 N–H and O–H groups in total. The third-order valence-electron chi connectivity index (χ3n) is 3.02. The quantitative estimate of drug-likeness (QED) is 0.748. The Morgan fingerprint density at radius 1 is 1.27 bits per heavy atom. The highest BCUT2D eigenvalue weighted by Gasteiger charge is 2.31. The van der Waals surface area contributed by atoms with Gasteiger partial charge in [-0.15, -0.1) is 13.2 Å². The molecule has 0 aliphatic carbocycles. The Balaban J connectivity index is 2.45. The Hall–Kier alpha value is -1.76. The number of rotatable bonds is 8. The number of carbonyl (C=O) groups is 1. The number of nitrogens with one attached hydrogen (secondary N) is 1. The maximum Gasteiger partial charge on any atom is 0.573 e. The zero-order valence-corrected chi connectivity index (χ0v) is 12.6. The fourth-order valence-corrected chi connectivity index (χ4v) is 1.91. The smallest absolute Gasteiger partial charge is 0.406 e. The van der Waals surface area contributed by atoms with E-state index in [2.05, 4.69) is 10.1 Å². The van der Waals surface area contributed by atoms with Crippen LogP contribution in [0.25, 0.3) is 0 Å². The molecule has 124 valence electrons. The number of ether oxygens (including phenoxy) is 2. The van der Waals surface area contributed by atoms with E-state index in [4.69, 9.17) is 4.74 Å². The lowest BCUT2D eigenvalue weighted by Crippen LogP contribution is -2.26. The number of hydrogen-bond acceptors (Lipinski definition) is 3. The van der Waals surface area contributed by atoms with Crippen LogP contribution in [0.4, 0.5) is 13.2 Å². The molecule has 0 radical (unpaired) electrons. The number of carbonyl (C=O) groups excluding carboxylic acids is 1. The summed E-state index contributed by atoms with van der Waals surface area (Å²) in [7, 11) is 1.59. The van der Waals surface area contributed by atoms with Crippen molar-refractivity contribution in [2.24, 2.45) is 0 Å². The van der Waals surface area contributed by atoms with Gasteiger partial charge in [-0.2, -0.15) is 0 Å². The molecule has 1 aromatic carbocycles. The first-order chi connectivity index (χ1) is 10.3. The Bertz CT molecular complexity index is 460. The van der Waals surface area contributed by atoms with Crippen LogP contribution in [0.5, 0.6) is 5.75 Å². The summed E-state index contributed by atoms with van der Waals surface area (Å²) >= 11 is 0. The summed E-state index contributed by atoms with van der Waals surface area (Å²) in [6.07, 6.45) is -3.69. The molecular formula is C15H20F3NO3. The monoisotopic (exact) mass is 319 g/mol. The van der Waals surface area contributed by atoms with E-state index in [1.54, 1.807) is 7.11 Å². The normalized spacial score (nSPS) is 12.8. The average molecular weight is 319 g/mol. The minimum Gasteiger partial charge on any atom is -0.406 e. The van der Waals surface area contributed by atoms with Crippen molar-refractivity contribution in [1.29, 1.82) is 0 Å². The second-order valence-corrected chi connectivity index (χ2v) is 4.92. The minimum atomic E-state index is -4.70. The van der Waals surface area contributed by atoms with Crippen LogP contribution in [0.3, 0.4) is 0 Å². The fraction of sp³-hybridized carbons (Fsp3) is 0.533.